The third-order valence-corrected chi connectivity index (χ3v) is 7.87. The van der Waals surface area contributed by atoms with Crippen LogP contribution in [-0.4, -0.2) is 56.7 Å². The first-order valence-corrected chi connectivity index (χ1v) is 11.5. The number of hydrogen-bond acceptors (Lipinski definition) is 3. The molecule has 6 rings (SSSR count). The van der Waals surface area contributed by atoms with Crippen molar-refractivity contribution in [3.05, 3.63) is 34.2 Å². The average molecular weight is 467 g/mol. The summed E-state index contributed by atoms with van der Waals surface area (Å²) in [6.45, 7) is 0.662. The fourth-order valence-corrected chi connectivity index (χ4v) is 5.95. The average Bonchev–Trinajstić information content (AvgIpc) is 3.64. The summed E-state index contributed by atoms with van der Waals surface area (Å²) in [5.74, 6) is 0.538. The van der Waals surface area contributed by atoms with Crippen LogP contribution in [0.5, 0.6) is 0 Å². The molecule has 0 spiro atoms. The lowest BCUT2D eigenvalue weighted by atomic mass is 10.1. The molecule has 1 unspecified atom stereocenters. The summed E-state index contributed by atoms with van der Waals surface area (Å²) in [5, 5.41) is -0.149. The van der Waals surface area contributed by atoms with Crippen LogP contribution in [0.15, 0.2) is 12.3 Å². The van der Waals surface area contributed by atoms with Gasteiger partial charge in [0.15, 0.2) is 11.3 Å². The van der Waals surface area contributed by atoms with E-state index in [1.165, 1.54) is 11.3 Å². The van der Waals surface area contributed by atoms with Gasteiger partial charge in [-0.25, -0.2) is 4.98 Å². The van der Waals surface area contributed by atoms with E-state index in [0.717, 1.165) is 36.2 Å². The molecule has 170 valence electrons. The van der Waals surface area contributed by atoms with Crippen molar-refractivity contribution in [2.75, 3.05) is 19.6 Å². The molecule has 3 saturated carbocycles. The molecule has 4 fully saturated rings. The van der Waals surface area contributed by atoms with Crippen molar-refractivity contribution in [2.24, 2.45) is 11.8 Å². The smallest absolute Gasteiger partial charge is 0.336 e. The van der Waals surface area contributed by atoms with Gasteiger partial charge >= 0.3 is 6.18 Å². The molecule has 10 heteroatoms. The predicted molar refractivity (Wildman–Crippen MR) is 109 cm³/mol. The zero-order valence-corrected chi connectivity index (χ0v) is 18.0. The highest BCUT2D eigenvalue weighted by atomic mass is 35.5. The molecule has 4 aliphatic rings. The number of hydrogen-bond donors (Lipinski definition) is 0. The van der Waals surface area contributed by atoms with E-state index >= 15 is 0 Å². The number of imidazole rings is 1. The Kier molecular flexibility index (Phi) is 4.35. The zero-order chi connectivity index (χ0) is 22.4. The lowest BCUT2D eigenvalue weighted by Crippen LogP contribution is -2.53. The molecule has 0 N–H and O–H groups in total. The van der Waals surface area contributed by atoms with Gasteiger partial charge < -0.3 is 9.80 Å². The molecule has 2 aromatic rings. The van der Waals surface area contributed by atoms with Crippen LogP contribution >= 0.6 is 11.6 Å². The number of halogens is 4. The van der Waals surface area contributed by atoms with Crippen LogP contribution in [0.4, 0.5) is 13.2 Å². The molecule has 3 heterocycles. The highest BCUT2D eigenvalue weighted by Gasteiger charge is 2.57. The van der Waals surface area contributed by atoms with Crippen molar-refractivity contribution in [3.63, 3.8) is 0 Å². The lowest BCUT2D eigenvalue weighted by Gasteiger charge is -2.35. The fourth-order valence-electron chi connectivity index (χ4n) is 5.69. The Morgan fingerprint density at radius 1 is 1.12 bits per heavy atom. The van der Waals surface area contributed by atoms with Crippen LogP contribution in [0.25, 0.3) is 5.65 Å². The van der Waals surface area contributed by atoms with Crippen LogP contribution in [0.3, 0.4) is 0 Å². The van der Waals surface area contributed by atoms with E-state index in [0.29, 0.717) is 36.5 Å². The summed E-state index contributed by atoms with van der Waals surface area (Å²) in [6, 6.07) is 1.40. The number of carbonyl (C=O) groups is 2. The lowest BCUT2D eigenvalue weighted by molar-refractivity contribution is -0.137. The molecule has 32 heavy (non-hydrogen) atoms. The van der Waals surface area contributed by atoms with E-state index < -0.39 is 17.6 Å². The Bertz CT molecular complexity index is 1130. The van der Waals surface area contributed by atoms with Crippen LogP contribution < -0.4 is 0 Å². The minimum absolute atomic E-state index is 0.0748. The Labute approximate surface area is 187 Å². The Morgan fingerprint density at radius 3 is 2.47 bits per heavy atom. The van der Waals surface area contributed by atoms with Gasteiger partial charge in [0.05, 0.1) is 5.56 Å². The van der Waals surface area contributed by atoms with Gasteiger partial charge in [-0.15, -0.1) is 0 Å². The number of pyridine rings is 1. The van der Waals surface area contributed by atoms with E-state index in [9.17, 15) is 22.8 Å². The molecule has 0 radical (unpaired) electrons. The molecule has 3 aliphatic carbocycles. The first kappa shape index (κ1) is 20.3. The number of piperazine rings is 1. The molecular weight excluding hydrogens is 445 g/mol. The summed E-state index contributed by atoms with van der Waals surface area (Å²) in [6.07, 6.45) is 2.11. The molecule has 0 aromatic carbocycles. The van der Waals surface area contributed by atoms with Crippen molar-refractivity contribution in [1.82, 2.24) is 19.2 Å². The Hall–Kier alpha value is -2.29. The van der Waals surface area contributed by atoms with Crippen molar-refractivity contribution in [2.45, 2.75) is 50.2 Å². The van der Waals surface area contributed by atoms with Crippen molar-refractivity contribution >= 4 is 29.1 Å². The third-order valence-electron chi connectivity index (χ3n) is 7.51. The second-order valence-corrected chi connectivity index (χ2v) is 9.83. The monoisotopic (exact) mass is 466 g/mol. The normalized spacial score (nSPS) is 27.9. The number of rotatable bonds is 3. The van der Waals surface area contributed by atoms with Crippen LogP contribution in [0.1, 0.15) is 59.6 Å². The maximum absolute atomic E-state index is 13.7. The molecule has 1 aliphatic heterocycles. The number of nitrogens with zero attached hydrogens (tertiary/aromatic N) is 4. The van der Waals surface area contributed by atoms with E-state index in [1.54, 1.807) is 6.20 Å². The maximum Gasteiger partial charge on any atom is 0.419 e. The van der Waals surface area contributed by atoms with Crippen molar-refractivity contribution in [1.29, 1.82) is 0 Å². The topological polar surface area (TPSA) is 57.9 Å². The molecule has 2 amide bonds. The number of alkyl halides is 3. The van der Waals surface area contributed by atoms with Gasteiger partial charge in [-0.1, -0.05) is 18.0 Å². The van der Waals surface area contributed by atoms with Gasteiger partial charge in [0.2, 0.25) is 5.91 Å². The highest BCUT2D eigenvalue weighted by molar-refractivity contribution is 6.33. The van der Waals surface area contributed by atoms with Gasteiger partial charge in [-0.05, 0) is 55.1 Å². The van der Waals surface area contributed by atoms with Crippen LogP contribution in [-0.2, 0) is 11.0 Å². The fraction of sp³-hybridized carbons (Fsp3) is 0.591. The SMILES string of the molecule is O=C(c1nc2c(C(F)(F)F)cc(C3CC3)cn2c1Cl)N1CCN(C2[C@H]3CCC[C@@H]23)C(=O)C1. The first-order valence-electron chi connectivity index (χ1n) is 11.1. The minimum Gasteiger partial charge on any atom is -0.336 e. The van der Waals surface area contributed by atoms with Crippen molar-refractivity contribution in [3.8, 4) is 0 Å². The van der Waals surface area contributed by atoms with E-state index in [4.69, 9.17) is 11.6 Å². The molecule has 1 saturated heterocycles. The Balaban J connectivity index is 1.28. The predicted octanol–water partition coefficient (Wildman–Crippen LogP) is 3.97. The van der Waals surface area contributed by atoms with E-state index in [2.05, 4.69) is 4.98 Å². The van der Waals surface area contributed by atoms with E-state index in [-0.39, 0.29) is 34.9 Å². The second kappa shape index (κ2) is 6.85. The number of aromatic nitrogens is 2. The molecular formula is C22H22ClF3N4O2. The molecule has 0 bridgehead atoms. The number of amides is 2. The number of carbonyl (C=O) groups excluding carboxylic acids is 2. The Morgan fingerprint density at radius 2 is 1.84 bits per heavy atom. The van der Waals surface area contributed by atoms with Gasteiger partial charge in [-0.3, -0.25) is 14.0 Å². The standard InChI is InChI=1S/C22H22ClF3N4O2/c23-19-17(27-20-15(22(24,25)26)8-12(9-30(19)20)11-4-5-11)21(32)28-6-7-29(16(31)10-28)18-13-2-1-3-14(13)18/h8-9,11,13-14,18H,1-7,10H2/t13-,14+,18?. The summed E-state index contributed by atoms with van der Waals surface area (Å²) < 4.78 is 42.3. The third kappa shape index (κ3) is 3.11. The first-order chi connectivity index (χ1) is 15.2. The van der Waals surface area contributed by atoms with Crippen molar-refractivity contribution < 1.29 is 22.8 Å². The highest BCUT2D eigenvalue weighted by Crippen LogP contribution is 2.55. The maximum atomic E-state index is 13.7. The summed E-state index contributed by atoms with van der Waals surface area (Å²) in [7, 11) is 0. The van der Waals surface area contributed by atoms with Gasteiger partial charge in [0.25, 0.3) is 5.91 Å². The van der Waals surface area contributed by atoms with Gasteiger partial charge in [0.1, 0.15) is 11.7 Å². The quantitative estimate of drug-likeness (QED) is 0.688. The second-order valence-electron chi connectivity index (χ2n) is 9.47. The van der Waals surface area contributed by atoms with Gasteiger partial charge in [0, 0.05) is 25.3 Å². The summed E-state index contributed by atoms with van der Waals surface area (Å²) in [4.78, 5) is 33.1. The number of fused-ring (bicyclic) bond motifs is 2. The molecule has 6 nitrogen and oxygen atoms in total. The summed E-state index contributed by atoms with van der Waals surface area (Å²) >= 11 is 6.37. The van der Waals surface area contributed by atoms with Gasteiger partial charge in [-0.2, -0.15) is 13.2 Å². The van der Waals surface area contributed by atoms with Crippen LogP contribution in [0, 0.1) is 11.8 Å². The zero-order valence-electron chi connectivity index (χ0n) is 17.2. The summed E-state index contributed by atoms with van der Waals surface area (Å²) in [5.41, 5.74) is -0.980. The minimum atomic E-state index is -4.62. The van der Waals surface area contributed by atoms with E-state index in [1.807, 2.05) is 4.90 Å². The largest absolute Gasteiger partial charge is 0.419 e. The van der Waals surface area contributed by atoms with Crippen LogP contribution in [0.2, 0.25) is 5.15 Å². The molecule has 2 aromatic heterocycles. The molecule has 3 atom stereocenters.